The Hall–Kier alpha value is -1.62. The molecule has 1 aromatic rings. The molecule has 5 heteroatoms. The second-order valence-electron chi connectivity index (χ2n) is 6.17. The summed E-state index contributed by atoms with van der Waals surface area (Å²) in [5.41, 5.74) is 1.73. The van der Waals surface area contributed by atoms with Crippen molar-refractivity contribution in [2.75, 3.05) is 50.7 Å². The van der Waals surface area contributed by atoms with E-state index in [1.807, 2.05) is 17.0 Å². The molecule has 0 aliphatic carbocycles. The predicted octanol–water partition coefficient (Wildman–Crippen LogP) is 1.85. The molecule has 2 fully saturated rings. The van der Waals surface area contributed by atoms with Crippen molar-refractivity contribution in [3.63, 3.8) is 0 Å². The van der Waals surface area contributed by atoms with Gasteiger partial charge in [0.1, 0.15) is 5.69 Å². The van der Waals surface area contributed by atoms with Crippen molar-refractivity contribution >= 4 is 11.6 Å². The monoisotopic (exact) mass is 302 g/mol. The van der Waals surface area contributed by atoms with Gasteiger partial charge in [-0.15, -0.1) is 0 Å². The highest BCUT2D eigenvalue weighted by molar-refractivity contribution is 5.93. The third kappa shape index (κ3) is 3.40. The minimum Gasteiger partial charge on any atom is -0.369 e. The smallest absolute Gasteiger partial charge is 0.272 e. The average Bonchev–Trinajstić information content (AvgIpc) is 2.62. The normalized spacial score (nSPS) is 20.2. The number of carbonyl (C=O) groups excluding carboxylic acids is 1. The molecule has 1 aromatic heterocycles. The zero-order valence-electron chi connectivity index (χ0n) is 13.5. The molecule has 2 aliphatic rings. The number of likely N-dealkylation sites (N-methyl/N-ethyl adjacent to an activating group) is 1. The van der Waals surface area contributed by atoms with Gasteiger partial charge >= 0.3 is 0 Å². The summed E-state index contributed by atoms with van der Waals surface area (Å²) >= 11 is 0. The molecule has 3 heterocycles. The van der Waals surface area contributed by atoms with Crippen molar-refractivity contribution in [1.29, 1.82) is 0 Å². The maximum Gasteiger partial charge on any atom is 0.272 e. The second kappa shape index (κ2) is 7.09. The first-order valence-electron chi connectivity index (χ1n) is 8.50. The van der Waals surface area contributed by atoms with Gasteiger partial charge in [-0.1, -0.05) is 6.92 Å². The van der Waals surface area contributed by atoms with E-state index in [-0.39, 0.29) is 5.91 Å². The van der Waals surface area contributed by atoms with Gasteiger partial charge in [0.25, 0.3) is 5.91 Å². The summed E-state index contributed by atoms with van der Waals surface area (Å²) in [5.74, 6) is 0.0914. The summed E-state index contributed by atoms with van der Waals surface area (Å²) in [7, 11) is 0. The number of carbonyl (C=O) groups is 1. The predicted molar refractivity (Wildman–Crippen MR) is 88.3 cm³/mol. The van der Waals surface area contributed by atoms with Gasteiger partial charge in [0, 0.05) is 51.2 Å². The lowest BCUT2D eigenvalue weighted by atomic mass is 10.1. The molecule has 0 radical (unpaired) electrons. The van der Waals surface area contributed by atoms with Crippen LogP contribution in [0.3, 0.4) is 0 Å². The molecule has 0 aromatic carbocycles. The lowest BCUT2D eigenvalue weighted by molar-refractivity contribution is 0.0718. The fourth-order valence-electron chi connectivity index (χ4n) is 3.31. The summed E-state index contributed by atoms with van der Waals surface area (Å²) < 4.78 is 0. The van der Waals surface area contributed by atoms with E-state index in [0.29, 0.717) is 5.69 Å². The van der Waals surface area contributed by atoms with Gasteiger partial charge in [0.05, 0.1) is 0 Å². The Morgan fingerprint density at radius 1 is 1.09 bits per heavy atom. The number of amides is 1. The van der Waals surface area contributed by atoms with Crippen LogP contribution in [0.1, 0.15) is 36.7 Å². The number of rotatable bonds is 3. The van der Waals surface area contributed by atoms with Gasteiger partial charge in [-0.25, -0.2) is 0 Å². The SMILES string of the molecule is CCN1CCN(c2ccnc(C(=O)N3CCCCC3)c2)CC1. The van der Waals surface area contributed by atoms with Gasteiger partial charge in [-0.3, -0.25) is 9.78 Å². The minimum atomic E-state index is 0.0914. The lowest BCUT2D eigenvalue weighted by Gasteiger charge is -2.35. The Labute approximate surface area is 132 Å². The van der Waals surface area contributed by atoms with Crippen LogP contribution in [0.2, 0.25) is 0 Å². The van der Waals surface area contributed by atoms with Crippen LogP contribution in [0.25, 0.3) is 0 Å². The number of piperazine rings is 1. The molecule has 0 saturated carbocycles. The Morgan fingerprint density at radius 2 is 1.82 bits per heavy atom. The van der Waals surface area contributed by atoms with E-state index >= 15 is 0 Å². The van der Waals surface area contributed by atoms with Crippen LogP contribution < -0.4 is 4.90 Å². The summed E-state index contributed by atoms with van der Waals surface area (Å²) in [5, 5.41) is 0. The van der Waals surface area contributed by atoms with E-state index in [1.165, 1.54) is 6.42 Å². The first kappa shape index (κ1) is 15.3. The molecule has 2 aliphatic heterocycles. The Balaban J connectivity index is 1.68. The molecule has 0 spiro atoms. The number of anilines is 1. The van der Waals surface area contributed by atoms with Crippen molar-refractivity contribution in [2.24, 2.45) is 0 Å². The van der Waals surface area contributed by atoms with Gasteiger partial charge in [0.2, 0.25) is 0 Å². The lowest BCUT2D eigenvalue weighted by Crippen LogP contribution is -2.46. The van der Waals surface area contributed by atoms with E-state index in [9.17, 15) is 4.79 Å². The third-order valence-electron chi connectivity index (χ3n) is 4.79. The quantitative estimate of drug-likeness (QED) is 0.854. The zero-order chi connectivity index (χ0) is 15.4. The van der Waals surface area contributed by atoms with Crippen molar-refractivity contribution in [1.82, 2.24) is 14.8 Å². The van der Waals surface area contributed by atoms with Crippen molar-refractivity contribution < 1.29 is 4.79 Å². The molecule has 0 N–H and O–H groups in total. The molecule has 0 unspecified atom stereocenters. The molecule has 3 rings (SSSR count). The van der Waals surface area contributed by atoms with Gasteiger partial charge in [-0.05, 0) is 37.9 Å². The van der Waals surface area contributed by atoms with Crippen LogP contribution in [-0.2, 0) is 0 Å². The average molecular weight is 302 g/mol. The number of likely N-dealkylation sites (tertiary alicyclic amines) is 1. The topological polar surface area (TPSA) is 39.7 Å². The van der Waals surface area contributed by atoms with Crippen LogP contribution in [0, 0.1) is 0 Å². The molecule has 0 bridgehead atoms. The Kier molecular flexibility index (Phi) is 4.93. The molecule has 2 saturated heterocycles. The van der Waals surface area contributed by atoms with Crippen LogP contribution >= 0.6 is 0 Å². The molecule has 120 valence electrons. The molecule has 0 atom stereocenters. The van der Waals surface area contributed by atoms with Crippen molar-refractivity contribution in [3.05, 3.63) is 24.0 Å². The standard InChI is InChI=1S/C17H26N4O/c1-2-19-10-12-20(13-11-19)15-6-7-18-16(14-15)17(22)21-8-4-3-5-9-21/h6-7,14H,2-5,8-13H2,1H3. The number of piperidine rings is 1. The van der Waals surface area contributed by atoms with Gasteiger partial charge < -0.3 is 14.7 Å². The second-order valence-corrected chi connectivity index (χ2v) is 6.17. The number of hydrogen-bond donors (Lipinski definition) is 0. The summed E-state index contributed by atoms with van der Waals surface area (Å²) in [4.78, 5) is 23.6. The van der Waals surface area contributed by atoms with Crippen LogP contribution in [-0.4, -0.2) is 66.5 Å². The molecule has 1 amide bonds. The highest BCUT2D eigenvalue weighted by atomic mass is 16.2. The van der Waals surface area contributed by atoms with E-state index in [4.69, 9.17) is 0 Å². The number of aromatic nitrogens is 1. The largest absolute Gasteiger partial charge is 0.369 e. The van der Waals surface area contributed by atoms with E-state index < -0.39 is 0 Å². The van der Waals surface area contributed by atoms with Crippen molar-refractivity contribution in [3.8, 4) is 0 Å². The molecular formula is C17H26N4O. The molecule has 22 heavy (non-hydrogen) atoms. The number of nitrogens with zero attached hydrogens (tertiary/aromatic N) is 4. The minimum absolute atomic E-state index is 0.0914. The highest BCUT2D eigenvalue weighted by Crippen LogP contribution is 2.19. The maximum absolute atomic E-state index is 12.6. The highest BCUT2D eigenvalue weighted by Gasteiger charge is 2.21. The number of hydrogen-bond acceptors (Lipinski definition) is 4. The van der Waals surface area contributed by atoms with E-state index in [0.717, 1.165) is 64.3 Å². The van der Waals surface area contributed by atoms with Crippen molar-refractivity contribution in [2.45, 2.75) is 26.2 Å². The van der Waals surface area contributed by atoms with Gasteiger partial charge in [0.15, 0.2) is 0 Å². The van der Waals surface area contributed by atoms with Crippen LogP contribution in [0.4, 0.5) is 5.69 Å². The van der Waals surface area contributed by atoms with Crippen LogP contribution in [0.15, 0.2) is 18.3 Å². The fraction of sp³-hybridized carbons (Fsp3) is 0.647. The Morgan fingerprint density at radius 3 is 2.50 bits per heavy atom. The summed E-state index contributed by atoms with van der Waals surface area (Å²) in [6.07, 6.45) is 5.24. The fourth-order valence-corrected chi connectivity index (χ4v) is 3.31. The molecular weight excluding hydrogens is 276 g/mol. The van der Waals surface area contributed by atoms with Gasteiger partial charge in [-0.2, -0.15) is 0 Å². The van der Waals surface area contributed by atoms with Crippen LogP contribution in [0.5, 0.6) is 0 Å². The number of pyridine rings is 1. The molecule has 5 nitrogen and oxygen atoms in total. The van der Waals surface area contributed by atoms with E-state index in [1.54, 1.807) is 6.20 Å². The third-order valence-corrected chi connectivity index (χ3v) is 4.79. The van der Waals surface area contributed by atoms with E-state index in [2.05, 4.69) is 21.7 Å². The summed E-state index contributed by atoms with van der Waals surface area (Å²) in [6, 6.07) is 3.99. The Bertz CT molecular complexity index is 505. The zero-order valence-corrected chi connectivity index (χ0v) is 13.5. The first-order chi connectivity index (χ1) is 10.8. The maximum atomic E-state index is 12.6. The first-order valence-corrected chi connectivity index (χ1v) is 8.50. The summed E-state index contributed by atoms with van der Waals surface area (Å²) in [6.45, 7) is 9.30.